The van der Waals surface area contributed by atoms with Gasteiger partial charge in [-0.15, -0.1) is 0 Å². The summed E-state index contributed by atoms with van der Waals surface area (Å²) in [5.74, 6) is -0.289. The second-order valence-corrected chi connectivity index (χ2v) is 4.19. The van der Waals surface area contributed by atoms with Crippen molar-refractivity contribution in [3.05, 3.63) is 12.3 Å². The number of hydrogen-bond acceptors (Lipinski definition) is 5. The molecular weight excluding hydrogens is 236 g/mol. The Morgan fingerprint density at radius 2 is 2.11 bits per heavy atom. The molecule has 2 heterocycles. The molecule has 7 heteroatoms. The van der Waals surface area contributed by atoms with E-state index < -0.39 is 5.97 Å². The Morgan fingerprint density at radius 1 is 1.39 bits per heavy atom. The van der Waals surface area contributed by atoms with Gasteiger partial charge >= 0.3 is 5.97 Å². The summed E-state index contributed by atoms with van der Waals surface area (Å²) in [7, 11) is 0. The number of anilines is 1. The molecule has 1 aromatic heterocycles. The molecule has 0 aromatic carbocycles. The minimum absolute atomic E-state index is 0.0372. The van der Waals surface area contributed by atoms with Crippen LogP contribution in [0.15, 0.2) is 12.3 Å². The van der Waals surface area contributed by atoms with E-state index in [2.05, 4.69) is 5.10 Å². The van der Waals surface area contributed by atoms with Crippen LogP contribution in [0.25, 0.3) is 0 Å². The van der Waals surface area contributed by atoms with Crippen molar-refractivity contribution in [1.82, 2.24) is 14.7 Å². The normalized spacial score (nSPS) is 14.8. The summed E-state index contributed by atoms with van der Waals surface area (Å²) in [4.78, 5) is 24.8. The molecule has 0 bridgehead atoms. The van der Waals surface area contributed by atoms with Crippen molar-refractivity contribution in [3.63, 3.8) is 0 Å². The average Bonchev–Trinajstić information content (AvgIpc) is 2.97. The standard InChI is InChI=1S/C11H16N4O3/c12-9-3-6-15(13-9)7-11(17)18-8-10(16)14-4-1-2-5-14/h3,6H,1-2,4-5,7-8H2,(H2,12,13). The van der Waals surface area contributed by atoms with Crippen molar-refractivity contribution in [2.45, 2.75) is 19.4 Å². The van der Waals surface area contributed by atoms with E-state index in [0.717, 1.165) is 25.9 Å². The van der Waals surface area contributed by atoms with Crippen molar-refractivity contribution in [2.24, 2.45) is 0 Å². The third-order valence-electron chi connectivity index (χ3n) is 2.77. The maximum atomic E-state index is 11.6. The number of carbonyl (C=O) groups excluding carboxylic acids is 2. The molecule has 0 spiro atoms. The average molecular weight is 252 g/mol. The minimum atomic E-state index is -0.495. The molecule has 98 valence electrons. The van der Waals surface area contributed by atoms with Crippen LogP contribution in [0, 0.1) is 0 Å². The smallest absolute Gasteiger partial charge is 0.328 e. The first-order chi connectivity index (χ1) is 8.65. The summed E-state index contributed by atoms with van der Waals surface area (Å²) in [6.45, 7) is 1.28. The lowest BCUT2D eigenvalue weighted by atomic mass is 10.4. The maximum absolute atomic E-state index is 11.6. The van der Waals surface area contributed by atoms with Gasteiger partial charge in [0.1, 0.15) is 12.4 Å². The van der Waals surface area contributed by atoms with Crippen LogP contribution in [0.2, 0.25) is 0 Å². The van der Waals surface area contributed by atoms with E-state index >= 15 is 0 Å². The highest BCUT2D eigenvalue weighted by atomic mass is 16.5. The lowest BCUT2D eigenvalue weighted by Crippen LogP contribution is -2.32. The van der Waals surface area contributed by atoms with Gasteiger partial charge in [0.15, 0.2) is 6.61 Å². The molecule has 18 heavy (non-hydrogen) atoms. The summed E-state index contributed by atoms with van der Waals surface area (Å²) < 4.78 is 6.27. The van der Waals surface area contributed by atoms with Gasteiger partial charge in [-0.1, -0.05) is 0 Å². The number of esters is 1. The van der Waals surface area contributed by atoms with Gasteiger partial charge in [0.25, 0.3) is 5.91 Å². The first-order valence-corrected chi connectivity index (χ1v) is 5.87. The van der Waals surface area contributed by atoms with Crippen LogP contribution in [-0.2, 0) is 20.9 Å². The number of rotatable bonds is 4. The van der Waals surface area contributed by atoms with Gasteiger partial charge in [-0.2, -0.15) is 5.10 Å². The fraction of sp³-hybridized carbons (Fsp3) is 0.545. The van der Waals surface area contributed by atoms with Crippen LogP contribution >= 0.6 is 0 Å². The molecule has 1 saturated heterocycles. The molecular formula is C11H16N4O3. The largest absolute Gasteiger partial charge is 0.454 e. The number of nitrogen functional groups attached to an aromatic ring is 1. The Balaban J connectivity index is 1.72. The van der Waals surface area contributed by atoms with Crippen molar-refractivity contribution >= 4 is 17.7 Å². The monoisotopic (exact) mass is 252 g/mol. The van der Waals surface area contributed by atoms with Gasteiger partial charge < -0.3 is 15.4 Å². The third-order valence-corrected chi connectivity index (χ3v) is 2.77. The van der Waals surface area contributed by atoms with E-state index in [-0.39, 0.29) is 19.1 Å². The van der Waals surface area contributed by atoms with Gasteiger partial charge in [0, 0.05) is 19.3 Å². The van der Waals surface area contributed by atoms with E-state index in [9.17, 15) is 9.59 Å². The number of aromatic nitrogens is 2. The molecule has 0 saturated carbocycles. The predicted octanol–water partition coefficient (Wildman–Crippen LogP) is -0.369. The van der Waals surface area contributed by atoms with Crippen molar-refractivity contribution in [1.29, 1.82) is 0 Å². The highest BCUT2D eigenvalue weighted by molar-refractivity contribution is 5.80. The van der Waals surface area contributed by atoms with Gasteiger partial charge in [0.2, 0.25) is 0 Å². The predicted molar refractivity (Wildman–Crippen MR) is 63.4 cm³/mol. The minimum Gasteiger partial charge on any atom is -0.454 e. The van der Waals surface area contributed by atoms with E-state index in [1.165, 1.54) is 4.68 Å². The number of likely N-dealkylation sites (tertiary alicyclic amines) is 1. The first-order valence-electron chi connectivity index (χ1n) is 5.87. The SMILES string of the molecule is Nc1ccn(CC(=O)OCC(=O)N2CCCC2)n1. The van der Waals surface area contributed by atoms with Crippen LogP contribution in [0.3, 0.4) is 0 Å². The zero-order valence-corrected chi connectivity index (χ0v) is 10.0. The summed E-state index contributed by atoms with van der Waals surface area (Å²) >= 11 is 0. The Morgan fingerprint density at radius 3 is 2.72 bits per heavy atom. The molecule has 7 nitrogen and oxygen atoms in total. The summed E-state index contributed by atoms with van der Waals surface area (Å²) in [5.41, 5.74) is 5.41. The van der Waals surface area contributed by atoms with Crippen LogP contribution in [0.1, 0.15) is 12.8 Å². The van der Waals surface area contributed by atoms with E-state index in [1.54, 1.807) is 17.2 Å². The summed E-state index contributed by atoms with van der Waals surface area (Å²) in [6.07, 6.45) is 3.62. The van der Waals surface area contributed by atoms with Crippen LogP contribution in [-0.4, -0.2) is 46.3 Å². The Bertz CT molecular complexity index is 437. The molecule has 2 N–H and O–H groups in total. The zero-order chi connectivity index (χ0) is 13.0. The molecule has 0 aliphatic carbocycles. The molecule has 1 fully saturated rings. The van der Waals surface area contributed by atoms with Crippen LogP contribution in [0.4, 0.5) is 5.82 Å². The Hall–Kier alpha value is -2.05. The maximum Gasteiger partial charge on any atom is 0.328 e. The van der Waals surface area contributed by atoms with Crippen molar-refractivity contribution in [3.8, 4) is 0 Å². The molecule has 1 aromatic rings. The second-order valence-electron chi connectivity index (χ2n) is 4.19. The van der Waals surface area contributed by atoms with Crippen molar-refractivity contribution < 1.29 is 14.3 Å². The van der Waals surface area contributed by atoms with E-state index in [1.807, 2.05) is 0 Å². The first kappa shape index (κ1) is 12.4. The summed E-state index contributed by atoms with van der Waals surface area (Å²) in [5, 5.41) is 3.85. The molecule has 1 aliphatic rings. The Labute approximate surface area is 104 Å². The Kier molecular flexibility index (Phi) is 3.81. The fourth-order valence-corrected chi connectivity index (χ4v) is 1.84. The highest BCUT2D eigenvalue weighted by Gasteiger charge is 2.19. The molecule has 0 radical (unpaired) electrons. The number of ether oxygens (including phenoxy) is 1. The molecule has 0 atom stereocenters. The topological polar surface area (TPSA) is 90.4 Å². The number of nitrogens with two attached hydrogens (primary N) is 1. The number of carbonyl (C=O) groups is 2. The third kappa shape index (κ3) is 3.22. The molecule has 1 amide bonds. The van der Waals surface area contributed by atoms with Crippen LogP contribution in [0.5, 0.6) is 0 Å². The number of hydrogen-bond donors (Lipinski definition) is 1. The highest BCUT2D eigenvalue weighted by Crippen LogP contribution is 2.07. The lowest BCUT2D eigenvalue weighted by molar-refractivity contribution is -0.152. The molecule has 1 aliphatic heterocycles. The molecule has 2 rings (SSSR count). The quantitative estimate of drug-likeness (QED) is 0.738. The van der Waals surface area contributed by atoms with Gasteiger partial charge in [-0.25, -0.2) is 0 Å². The lowest BCUT2D eigenvalue weighted by Gasteiger charge is -2.14. The van der Waals surface area contributed by atoms with E-state index in [4.69, 9.17) is 10.5 Å². The van der Waals surface area contributed by atoms with Crippen LogP contribution < -0.4 is 5.73 Å². The van der Waals surface area contributed by atoms with Gasteiger partial charge in [-0.3, -0.25) is 14.3 Å². The number of amides is 1. The van der Waals surface area contributed by atoms with Gasteiger partial charge in [-0.05, 0) is 18.9 Å². The fourth-order valence-electron chi connectivity index (χ4n) is 1.84. The molecule has 0 unspecified atom stereocenters. The number of nitrogens with zero attached hydrogens (tertiary/aromatic N) is 3. The second kappa shape index (κ2) is 5.52. The zero-order valence-electron chi connectivity index (χ0n) is 10.0. The van der Waals surface area contributed by atoms with E-state index in [0.29, 0.717) is 5.82 Å². The summed E-state index contributed by atoms with van der Waals surface area (Å²) in [6, 6.07) is 1.59. The van der Waals surface area contributed by atoms with Crippen molar-refractivity contribution in [2.75, 3.05) is 25.4 Å². The van der Waals surface area contributed by atoms with Gasteiger partial charge in [0.05, 0.1) is 0 Å².